The second kappa shape index (κ2) is 8.87. The molecule has 0 atom stereocenters. The normalized spacial score (nSPS) is 10.1. The van der Waals surface area contributed by atoms with Gasteiger partial charge in [0.25, 0.3) is 11.8 Å². The highest BCUT2D eigenvalue weighted by Crippen LogP contribution is 2.24. The minimum Gasteiger partial charge on any atom is -0.483 e. The number of para-hydroxylation sites is 2. The number of nitrogens with one attached hydrogen (secondary N) is 2. The van der Waals surface area contributed by atoms with Crippen LogP contribution in [-0.2, 0) is 4.79 Å². The van der Waals surface area contributed by atoms with Crippen molar-refractivity contribution in [3.8, 4) is 5.75 Å². The Hall–Kier alpha value is -3.31. The van der Waals surface area contributed by atoms with Gasteiger partial charge in [-0.1, -0.05) is 48.0 Å². The first kappa shape index (κ1) is 18.5. The number of carbonyl (C=O) groups excluding carboxylic acids is 2. The van der Waals surface area contributed by atoms with E-state index >= 15 is 0 Å². The van der Waals surface area contributed by atoms with Crippen LogP contribution < -0.4 is 15.4 Å². The molecule has 3 aromatic carbocycles. The van der Waals surface area contributed by atoms with Crippen LogP contribution in [0, 0.1) is 0 Å². The maximum absolute atomic E-state index is 12.6. The number of anilines is 2. The highest BCUT2D eigenvalue weighted by molar-refractivity contribution is 6.31. The molecule has 0 saturated carbocycles. The number of hydrogen-bond acceptors (Lipinski definition) is 3. The van der Waals surface area contributed by atoms with E-state index in [9.17, 15) is 9.59 Å². The second-order valence-electron chi connectivity index (χ2n) is 5.66. The van der Waals surface area contributed by atoms with E-state index < -0.39 is 0 Å². The maximum Gasteiger partial charge on any atom is 0.262 e. The van der Waals surface area contributed by atoms with Crippen LogP contribution in [0.3, 0.4) is 0 Å². The molecule has 0 aliphatic heterocycles. The number of benzene rings is 3. The molecular weight excluding hydrogens is 364 g/mol. The van der Waals surface area contributed by atoms with E-state index in [0.29, 0.717) is 16.4 Å². The van der Waals surface area contributed by atoms with Crippen molar-refractivity contribution in [2.75, 3.05) is 17.2 Å². The zero-order chi connectivity index (χ0) is 19.1. The molecule has 0 radical (unpaired) electrons. The fraction of sp³-hybridized carbons (Fsp3) is 0.0476. The number of ether oxygens (including phenoxy) is 1. The molecule has 0 fully saturated rings. The van der Waals surface area contributed by atoms with Crippen molar-refractivity contribution in [2.24, 2.45) is 0 Å². The van der Waals surface area contributed by atoms with Crippen LogP contribution >= 0.6 is 11.6 Å². The Bertz CT molecular complexity index is 931. The summed E-state index contributed by atoms with van der Waals surface area (Å²) in [5.41, 5.74) is 1.57. The third kappa shape index (κ3) is 5.33. The lowest BCUT2D eigenvalue weighted by Gasteiger charge is -2.12. The lowest BCUT2D eigenvalue weighted by atomic mass is 10.2. The molecule has 3 rings (SSSR count). The molecular formula is C21H17ClN2O3. The molecule has 5 nitrogen and oxygen atoms in total. The zero-order valence-electron chi connectivity index (χ0n) is 14.3. The van der Waals surface area contributed by atoms with Crippen LogP contribution in [0.5, 0.6) is 5.75 Å². The molecule has 3 aromatic rings. The summed E-state index contributed by atoms with van der Waals surface area (Å²) in [5, 5.41) is 5.89. The van der Waals surface area contributed by atoms with Gasteiger partial charge in [-0.2, -0.15) is 0 Å². The van der Waals surface area contributed by atoms with Gasteiger partial charge in [-0.05, 0) is 42.5 Å². The SMILES string of the molecule is O=C(COc1ccc(Cl)cc1C(=O)Nc1ccccc1)Nc1ccccc1. The third-order valence-corrected chi connectivity index (χ3v) is 3.87. The third-order valence-electron chi connectivity index (χ3n) is 3.63. The van der Waals surface area contributed by atoms with Crippen molar-refractivity contribution >= 4 is 34.8 Å². The Morgan fingerprint density at radius 3 is 2.04 bits per heavy atom. The molecule has 27 heavy (non-hydrogen) atoms. The van der Waals surface area contributed by atoms with Gasteiger partial charge in [0, 0.05) is 16.4 Å². The lowest BCUT2D eigenvalue weighted by molar-refractivity contribution is -0.118. The number of rotatable bonds is 6. The molecule has 0 bridgehead atoms. The Morgan fingerprint density at radius 2 is 1.41 bits per heavy atom. The van der Waals surface area contributed by atoms with Gasteiger partial charge in [0.2, 0.25) is 0 Å². The number of carbonyl (C=O) groups is 2. The topological polar surface area (TPSA) is 67.4 Å². The summed E-state index contributed by atoms with van der Waals surface area (Å²) in [6, 6.07) is 22.8. The smallest absolute Gasteiger partial charge is 0.262 e. The quantitative estimate of drug-likeness (QED) is 0.656. The minimum absolute atomic E-state index is 0.234. The largest absolute Gasteiger partial charge is 0.483 e. The number of amides is 2. The summed E-state index contributed by atoms with van der Waals surface area (Å²) < 4.78 is 5.55. The summed E-state index contributed by atoms with van der Waals surface area (Å²) in [5.74, 6) is -0.427. The van der Waals surface area contributed by atoms with Crippen molar-refractivity contribution in [3.63, 3.8) is 0 Å². The summed E-state index contributed by atoms with van der Waals surface area (Å²) >= 11 is 6.02. The van der Waals surface area contributed by atoms with Gasteiger partial charge in [-0.15, -0.1) is 0 Å². The first-order valence-corrected chi connectivity index (χ1v) is 8.63. The Balaban J connectivity index is 1.68. The van der Waals surface area contributed by atoms with Gasteiger partial charge in [-0.25, -0.2) is 0 Å². The fourth-order valence-electron chi connectivity index (χ4n) is 2.39. The first-order valence-electron chi connectivity index (χ1n) is 8.25. The van der Waals surface area contributed by atoms with E-state index in [2.05, 4.69) is 10.6 Å². The van der Waals surface area contributed by atoms with Gasteiger partial charge in [0.1, 0.15) is 5.75 Å². The van der Waals surface area contributed by atoms with E-state index in [0.717, 1.165) is 0 Å². The highest BCUT2D eigenvalue weighted by Gasteiger charge is 2.15. The fourth-order valence-corrected chi connectivity index (χ4v) is 2.56. The minimum atomic E-state index is -0.373. The molecule has 0 heterocycles. The van der Waals surface area contributed by atoms with Crippen molar-refractivity contribution in [1.29, 1.82) is 0 Å². The molecule has 0 aliphatic carbocycles. The lowest BCUT2D eigenvalue weighted by Crippen LogP contribution is -2.21. The predicted octanol–water partition coefficient (Wildman–Crippen LogP) is 4.61. The van der Waals surface area contributed by atoms with E-state index in [4.69, 9.17) is 16.3 Å². The van der Waals surface area contributed by atoms with Gasteiger partial charge in [0.15, 0.2) is 6.61 Å². The monoisotopic (exact) mass is 380 g/mol. The molecule has 0 spiro atoms. The summed E-state index contributed by atoms with van der Waals surface area (Å²) in [7, 11) is 0. The van der Waals surface area contributed by atoms with Crippen molar-refractivity contribution in [2.45, 2.75) is 0 Å². The Labute approximate surface area is 161 Å². The van der Waals surface area contributed by atoms with Crippen LogP contribution in [0.15, 0.2) is 78.9 Å². The average Bonchev–Trinajstić information content (AvgIpc) is 2.68. The summed E-state index contributed by atoms with van der Waals surface area (Å²) in [6.45, 7) is -0.234. The molecule has 136 valence electrons. The van der Waals surface area contributed by atoms with Gasteiger partial charge in [-0.3, -0.25) is 9.59 Å². The standard InChI is InChI=1S/C21H17ClN2O3/c22-15-11-12-19(27-14-20(25)23-16-7-3-1-4-8-16)18(13-15)21(26)24-17-9-5-2-6-10-17/h1-13H,14H2,(H,23,25)(H,24,26). The Kier molecular flexibility index (Phi) is 6.07. The second-order valence-corrected chi connectivity index (χ2v) is 6.10. The molecule has 2 N–H and O–H groups in total. The van der Waals surface area contributed by atoms with Crippen molar-refractivity contribution < 1.29 is 14.3 Å². The summed E-state index contributed by atoms with van der Waals surface area (Å²) in [6.07, 6.45) is 0. The summed E-state index contributed by atoms with van der Waals surface area (Å²) in [4.78, 5) is 24.6. The van der Waals surface area contributed by atoms with Crippen molar-refractivity contribution in [1.82, 2.24) is 0 Å². The van der Waals surface area contributed by atoms with E-state index in [-0.39, 0.29) is 29.7 Å². The van der Waals surface area contributed by atoms with E-state index in [1.807, 2.05) is 36.4 Å². The Morgan fingerprint density at radius 1 is 0.815 bits per heavy atom. The first-order chi connectivity index (χ1) is 13.1. The van der Waals surface area contributed by atoms with Crippen LogP contribution in [0.25, 0.3) is 0 Å². The van der Waals surface area contributed by atoms with Gasteiger partial charge >= 0.3 is 0 Å². The zero-order valence-corrected chi connectivity index (χ0v) is 15.1. The van der Waals surface area contributed by atoms with Crippen LogP contribution in [0.2, 0.25) is 5.02 Å². The van der Waals surface area contributed by atoms with E-state index in [1.165, 1.54) is 6.07 Å². The number of hydrogen-bond donors (Lipinski definition) is 2. The molecule has 0 aliphatic rings. The van der Waals surface area contributed by atoms with Crippen LogP contribution in [0.4, 0.5) is 11.4 Å². The molecule has 2 amide bonds. The van der Waals surface area contributed by atoms with Gasteiger partial charge in [0.05, 0.1) is 5.56 Å². The van der Waals surface area contributed by atoms with Crippen LogP contribution in [-0.4, -0.2) is 18.4 Å². The molecule has 0 saturated heterocycles. The average molecular weight is 381 g/mol. The molecule has 0 aromatic heterocycles. The van der Waals surface area contributed by atoms with Crippen molar-refractivity contribution in [3.05, 3.63) is 89.4 Å². The molecule has 0 unspecified atom stereocenters. The number of halogens is 1. The van der Waals surface area contributed by atoms with Crippen LogP contribution in [0.1, 0.15) is 10.4 Å². The maximum atomic E-state index is 12.6. The van der Waals surface area contributed by atoms with Gasteiger partial charge < -0.3 is 15.4 Å². The van der Waals surface area contributed by atoms with E-state index in [1.54, 1.807) is 36.4 Å². The molecule has 6 heteroatoms. The predicted molar refractivity (Wildman–Crippen MR) is 106 cm³/mol. The highest BCUT2D eigenvalue weighted by atomic mass is 35.5.